The Morgan fingerprint density at radius 1 is 1.11 bits per heavy atom. The van der Waals surface area contributed by atoms with Crippen LogP contribution >= 0.6 is 0 Å². The monoisotopic (exact) mass is 533 g/mol. The molecule has 1 aliphatic heterocycles. The van der Waals surface area contributed by atoms with Crippen LogP contribution in [0.15, 0.2) is 24.3 Å². The quantitative estimate of drug-likeness (QED) is 0.333. The highest BCUT2D eigenvalue weighted by Gasteiger charge is 2.24. The smallest absolute Gasteiger partial charge is 0.407 e. The summed E-state index contributed by atoms with van der Waals surface area (Å²) in [6, 6.07) is 8.06. The van der Waals surface area contributed by atoms with Crippen molar-refractivity contribution in [3.8, 4) is 0 Å². The van der Waals surface area contributed by atoms with Gasteiger partial charge in [0.15, 0.2) is 0 Å². The number of rotatable bonds is 14. The zero-order valence-electron chi connectivity index (χ0n) is 23.8. The molecule has 38 heavy (non-hydrogen) atoms. The maximum absolute atomic E-state index is 12.3. The van der Waals surface area contributed by atoms with E-state index in [1.807, 2.05) is 34.6 Å². The largest absolute Gasteiger partial charge is 0.466 e. The standard InChI is InChI=1S/C29H47N3O6/c1-6-36-27(34)15-12-22-16-18-32(19-17-22)24-13-10-23(11-14-24)20-37-21(2)25(8-7-9-26(30)33)31-28(35)38-29(3,4)5/h10-11,13-14,21-22,25H,6-9,12,15-20H2,1-5H3,(H2,30,33)(H,31,35)/t21-,25+/m1/s1. The zero-order chi connectivity index (χ0) is 28.1. The van der Waals surface area contributed by atoms with E-state index in [-0.39, 0.29) is 30.4 Å². The molecule has 1 fully saturated rings. The number of carbonyl (C=O) groups excluding carboxylic acids is 3. The van der Waals surface area contributed by atoms with E-state index in [1.165, 1.54) is 5.69 Å². The molecule has 1 aromatic carbocycles. The number of amides is 2. The lowest BCUT2D eigenvalue weighted by Gasteiger charge is -2.33. The number of hydrogen-bond acceptors (Lipinski definition) is 7. The van der Waals surface area contributed by atoms with Gasteiger partial charge in [-0.2, -0.15) is 0 Å². The van der Waals surface area contributed by atoms with Crippen molar-refractivity contribution in [2.24, 2.45) is 11.7 Å². The highest BCUT2D eigenvalue weighted by atomic mass is 16.6. The van der Waals surface area contributed by atoms with Gasteiger partial charge in [0.05, 0.1) is 25.4 Å². The van der Waals surface area contributed by atoms with Crippen molar-refractivity contribution in [3.63, 3.8) is 0 Å². The fourth-order valence-electron chi connectivity index (χ4n) is 4.56. The molecule has 0 aliphatic carbocycles. The topological polar surface area (TPSA) is 120 Å². The molecule has 0 aromatic heterocycles. The van der Waals surface area contributed by atoms with Crippen molar-refractivity contribution in [1.82, 2.24) is 5.32 Å². The van der Waals surface area contributed by atoms with Crippen molar-refractivity contribution in [1.29, 1.82) is 0 Å². The lowest BCUT2D eigenvalue weighted by molar-refractivity contribution is -0.143. The van der Waals surface area contributed by atoms with Crippen molar-refractivity contribution >= 4 is 23.7 Å². The molecule has 3 N–H and O–H groups in total. The molecular formula is C29H47N3O6. The van der Waals surface area contributed by atoms with Gasteiger partial charge in [0.25, 0.3) is 0 Å². The molecule has 9 nitrogen and oxygen atoms in total. The van der Waals surface area contributed by atoms with Gasteiger partial charge in [-0.25, -0.2) is 4.79 Å². The molecule has 0 bridgehead atoms. The molecule has 0 spiro atoms. The fourth-order valence-corrected chi connectivity index (χ4v) is 4.56. The molecule has 214 valence electrons. The molecule has 9 heteroatoms. The Hall–Kier alpha value is -2.81. The third-order valence-corrected chi connectivity index (χ3v) is 6.70. The van der Waals surface area contributed by atoms with Gasteiger partial charge in [0.1, 0.15) is 5.60 Å². The van der Waals surface area contributed by atoms with Crippen LogP contribution in [0, 0.1) is 5.92 Å². The van der Waals surface area contributed by atoms with E-state index >= 15 is 0 Å². The summed E-state index contributed by atoms with van der Waals surface area (Å²) < 4.78 is 16.5. The minimum atomic E-state index is -0.606. The summed E-state index contributed by atoms with van der Waals surface area (Å²) >= 11 is 0. The van der Waals surface area contributed by atoms with Gasteiger partial charge in [-0.15, -0.1) is 0 Å². The first kappa shape index (κ1) is 31.4. The number of alkyl carbamates (subject to hydrolysis) is 1. The predicted octanol–water partition coefficient (Wildman–Crippen LogP) is 4.70. The second-order valence-corrected chi connectivity index (χ2v) is 11.1. The van der Waals surface area contributed by atoms with Crippen LogP contribution in [0.4, 0.5) is 10.5 Å². The Balaban J connectivity index is 1.84. The predicted molar refractivity (Wildman–Crippen MR) is 148 cm³/mol. The summed E-state index contributed by atoms with van der Waals surface area (Å²) in [5, 5.41) is 2.89. The number of carbonyl (C=O) groups is 3. The summed E-state index contributed by atoms with van der Waals surface area (Å²) in [5.74, 6) is 0.102. The van der Waals surface area contributed by atoms with Crippen LogP contribution in [0.25, 0.3) is 0 Å². The van der Waals surface area contributed by atoms with Gasteiger partial charge < -0.3 is 30.2 Å². The van der Waals surface area contributed by atoms with Crippen LogP contribution in [0.2, 0.25) is 0 Å². The first-order valence-electron chi connectivity index (χ1n) is 13.9. The van der Waals surface area contributed by atoms with Gasteiger partial charge in [0, 0.05) is 31.6 Å². The molecule has 1 heterocycles. The minimum absolute atomic E-state index is 0.0975. The first-order chi connectivity index (χ1) is 18.0. The van der Waals surface area contributed by atoms with Crippen LogP contribution in [0.1, 0.15) is 85.1 Å². The number of piperidine rings is 1. The van der Waals surface area contributed by atoms with Crippen molar-refractivity contribution < 1.29 is 28.6 Å². The summed E-state index contributed by atoms with van der Waals surface area (Å²) in [7, 11) is 0. The second kappa shape index (κ2) is 15.6. The number of benzene rings is 1. The number of anilines is 1. The van der Waals surface area contributed by atoms with E-state index in [9.17, 15) is 14.4 Å². The molecule has 2 amide bonds. The number of hydrogen-bond donors (Lipinski definition) is 2. The van der Waals surface area contributed by atoms with Gasteiger partial charge >= 0.3 is 12.1 Å². The van der Waals surface area contributed by atoms with Gasteiger partial charge in [-0.1, -0.05) is 12.1 Å². The maximum atomic E-state index is 12.3. The van der Waals surface area contributed by atoms with Gasteiger partial charge in [-0.05, 0) is 90.3 Å². The lowest BCUT2D eigenvalue weighted by atomic mass is 9.92. The van der Waals surface area contributed by atoms with E-state index in [0.29, 0.717) is 38.4 Å². The number of nitrogens with zero attached hydrogens (tertiary/aromatic N) is 1. The van der Waals surface area contributed by atoms with Crippen molar-refractivity contribution in [3.05, 3.63) is 29.8 Å². The average Bonchev–Trinajstić information content (AvgIpc) is 2.85. The number of nitrogens with one attached hydrogen (secondary N) is 1. The number of nitrogens with two attached hydrogens (primary N) is 1. The van der Waals surface area contributed by atoms with E-state index in [0.717, 1.165) is 37.9 Å². The highest BCUT2D eigenvalue weighted by molar-refractivity contribution is 5.73. The number of primary amides is 1. The Morgan fingerprint density at radius 3 is 2.34 bits per heavy atom. The third kappa shape index (κ3) is 12.2. The number of esters is 1. The summed E-state index contributed by atoms with van der Waals surface area (Å²) in [4.78, 5) is 37.5. The van der Waals surface area contributed by atoms with E-state index in [2.05, 4.69) is 34.5 Å². The molecule has 2 rings (SSSR count). The van der Waals surface area contributed by atoms with E-state index in [1.54, 1.807) is 0 Å². The molecular weight excluding hydrogens is 486 g/mol. The summed E-state index contributed by atoms with van der Waals surface area (Å²) in [6.07, 6.45) is 4.11. The molecule has 1 aliphatic rings. The zero-order valence-corrected chi connectivity index (χ0v) is 23.8. The van der Waals surface area contributed by atoms with Crippen LogP contribution in [0.5, 0.6) is 0 Å². The average molecular weight is 534 g/mol. The van der Waals surface area contributed by atoms with E-state index < -0.39 is 11.7 Å². The molecule has 1 saturated heterocycles. The SMILES string of the molecule is CCOC(=O)CCC1CCN(c2ccc(CO[C@H](C)[C@H](CCCC(N)=O)NC(=O)OC(C)(C)C)cc2)CC1. The van der Waals surface area contributed by atoms with E-state index in [4.69, 9.17) is 19.9 Å². The Labute approximate surface area is 227 Å². The van der Waals surface area contributed by atoms with Gasteiger partial charge in [-0.3, -0.25) is 9.59 Å². The van der Waals surface area contributed by atoms with Crippen LogP contribution in [-0.2, 0) is 30.4 Å². The van der Waals surface area contributed by atoms with Crippen LogP contribution in [-0.4, -0.2) is 55.4 Å². The van der Waals surface area contributed by atoms with Crippen LogP contribution < -0.4 is 16.0 Å². The van der Waals surface area contributed by atoms with Crippen LogP contribution in [0.3, 0.4) is 0 Å². The van der Waals surface area contributed by atoms with Crippen molar-refractivity contribution in [2.75, 3.05) is 24.6 Å². The maximum Gasteiger partial charge on any atom is 0.407 e. The Morgan fingerprint density at radius 2 is 1.76 bits per heavy atom. The Kier molecular flexibility index (Phi) is 12.9. The van der Waals surface area contributed by atoms with Crippen molar-refractivity contribution in [2.45, 2.75) is 104 Å². The second-order valence-electron chi connectivity index (χ2n) is 11.1. The number of ether oxygens (including phenoxy) is 3. The summed E-state index contributed by atoms with van der Waals surface area (Å²) in [6.45, 7) is 12.0. The van der Waals surface area contributed by atoms with Gasteiger partial charge in [0.2, 0.25) is 5.91 Å². The highest BCUT2D eigenvalue weighted by Crippen LogP contribution is 2.26. The minimum Gasteiger partial charge on any atom is -0.466 e. The molecule has 2 atom stereocenters. The molecule has 1 aromatic rings. The Bertz CT molecular complexity index is 875. The fraction of sp³-hybridized carbons (Fsp3) is 0.690. The third-order valence-electron chi connectivity index (χ3n) is 6.70. The lowest BCUT2D eigenvalue weighted by Crippen LogP contribution is -2.45. The normalized spacial score (nSPS) is 16.0. The first-order valence-corrected chi connectivity index (χ1v) is 13.9. The molecule has 0 radical (unpaired) electrons. The molecule has 0 saturated carbocycles. The molecule has 0 unspecified atom stereocenters. The summed E-state index contributed by atoms with van der Waals surface area (Å²) in [5.41, 5.74) is 6.89.